The van der Waals surface area contributed by atoms with Crippen molar-refractivity contribution in [2.75, 3.05) is 20.1 Å². The normalized spacial score (nSPS) is 10.6. The fourth-order valence-corrected chi connectivity index (χ4v) is 2.38. The van der Waals surface area contributed by atoms with E-state index in [1.165, 1.54) is 11.3 Å². The van der Waals surface area contributed by atoms with Crippen LogP contribution in [0, 0.1) is 6.92 Å². The summed E-state index contributed by atoms with van der Waals surface area (Å²) in [4.78, 5) is 16.0. The highest BCUT2D eigenvalue weighted by molar-refractivity contribution is 7.13. The van der Waals surface area contributed by atoms with Crippen LogP contribution in [-0.4, -0.2) is 31.0 Å². The fraction of sp³-hybridized carbons (Fsp3) is 0.385. The average molecular weight is 279 g/mol. The third-order valence-corrected chi connectivity index (χ3v) is 3.45. The molecule has 2 aromatic rings. The Balaban J connectivity index is 1.92. The zero-order chi connectivity index (χ0) is 13.7. The molecular formula is C13H17N3O2S. The number of hydrogen-bond acceptors (Lipinski definition) is 5. The second-order valence-corrected chi connectivity index (χ2v) is 5.04. The van der Waals surface area contributed by atoms with Gasteiger partial charge in [-0.25, -0.2) is 4.98 Å². The predicted octanol–water partition coefficient (Wildman–Crippen LogP) is 1.59. The number of rotatable bonds is 6. The van der Waals surface area contributed by atoms with Gasteiger partial charge in [0, 0.05) is 18.5 Å². The van der Waals surface area contributed by atoms with Crippen LogP contribution in [0.15, 0.2) is 21.9 Å². The molecule has 0 unspecified atom stereocenters. The molecule has 2 N–H and O–H groups in total. The van der Waals surface area contributed by atoms with Crippen LogP contribution in [0.4, 0.5) is 0 Å². The third-order valence-electron chi connectivity index (χ3n) is 2.54. The van der Waals surface area contributed by atoms with E-state index in [1.54, 1.807) is 0 Å². The van der Waals surface area contributed by atoms with Crippen molar-refractivity contribution >= 4 is 17.2 Å². The van der Waals surface area contributed by atoms with Crippen molar-refractivity contribution in [2.24, 2.45) is 0 Å². The van der Waals surface area contributed by atoms with Gasteiger partial charge < -0.3 is 15.1 Å². The van der Waals surface area contributed by atoms with Gasteiger partial charge >= 0.3 is 0 Å². The van der Waals surface area contributed by atoms with Gasteiger partial charge in [-0.2, -0.15) is 0 Å². The second-order valence-electron chi connectivity index (χ2n) is 4.18. The molecule has 0 aliphatic heterocycles. The minimum absolute atomic E-state index is 0.0114. The molecule has 0 aliphatic carbocycles. The number of thiazole rings is 1. The van der Waals surface area contributed by atoms with Crippen molar-refractivity contribution in [3.05, 3.63) is 29.0 Å². The summed E-state index contributed by atoms with van der Waals surface area (Å²) in [6.45, 7) is 3.29. The molecule has 2 rings (SSSR count). The van der Waals surface area contributed by atoms with Crippen LogP contribution in [-0.2, 0) is 11.2 Å². The van der Waals surface area contributed by atoms with Crippen molar-refractivity contribution in [3.8, 4) is 10.8 Å². The first-order valence-electron chi connectivity index (χ1n) is 6.11. The van der Waals surface area contributed by atoms with E-state index in [2.05, 4.69) is 15.6 Å². The minimum atomic E-state index is -0.0114. The standard InChI is InChI=1S/C13H17N3O2S/c1-9-3-4-11(18-9)13-16-10(8-19-13)7-12(17)15-6-5-14-2/h3-4,8,14H,5-7H2,1-2H3,(H,15,17). The third kappa shape index (κ3) is 3.90. The molecule has 0 radical (unpaired) electrons. The van der Waals surface area contributed by atoms with Gasteiger partial charge in [-0.3, -0.25) is 4.79 Å². The number of aromatic nitrogens is 1. The summed E-state index contributed by atoms with van der Waals surface area (Å²) in [6.07, 6.45) is 0.305. The Morgan fingerprint density at radius 2 is 2.26 bits per heavy atom. The van der Waals surface area contributed by atoms with Crippen LogP contribution < -0.4 is 10.6 Å². The van der Waals surface area contributed by atoms with Crippen LogP contribution in [0.2, 0.25) is 0 Å². The quantitative estimate of drug-likeness (QED) is 0.788. The summed E-state index contributed by atoms with van der Waals surface area (Å²) in [5.41, 5.74) is 0.774. The Hall–Kier alpha value is -1.66. The molecule has 0 saturated heterocycles. The molecule has 0 atom stereocenters. The molecule has 102 valence electrons. The molecule has 1 amide bonds. The smallest absolute Gasteiger partial charge is 0.226 e. The van der Waals surface area contributed by atoms with Gasteiger partial charge in [0.2, 0.25) is 5.91 Å². The largest absolute Gasteiger partial charge is 0.459 e. The molecule has 6 heteroatoms. The van der Waals surface area contributed by atoms with Crippen LogP contribution in [0.5, 0.6) is 0 Å². The number of aryl methyl sites for hydroxylation is 1. The van der Waals surface area contributed by atoms with Gasteiger partial charge in [0.1, 0.15) is 5.76 Å². The van der Waals surface area contributed by atoms with Gasteiger partial charge in [0.15, 0.2) is 10.8 Å². The van der Waals surface area contributed by atoms with E-state index in [0.29, 0.717) is 13.0 Å². The number of nitrogens with one attached hydrogen (secondary N) is 2. The molecule has 0 aliphatic rings. The highest BCUT2D eigenvalue weighted by atomic mass is 32.1. The summed E-state index contributed by atoms with van der Waals surface area (Å²) in [5, 5.41) is 8.50. The van der Waals surface area contributed by atoms with Crippen molar-refractivity contribution < 1.29 is 9.21 Å². The Morgan fingerprint density at radius 1 is 1.42 bits per heavy atom. The van der Waals surface area contributed by atoms with E-state index in [1.807, 2.05) is 31.5 Å². The molecular weight excluding hydrogens is 262 g/mol. The van der Waals surface area contributed by atoms with Crippen LogP contribution >= 0.6 is 11.3 Å². The van der Waals surface area contributed by atoms with Crippen molar-refractivity contribution in [3.63, 3.8) is 0 Å². The fourth-order valence-electron chi connectivity index (χ4n) is 1.60. The molecule has 0 aromatic carbocycles. The minimum Gasteiger partial charge on any atom is -0.459 e. The van der Waals surface area contributed by atoms with Crippen molar-refractivity contribution in [2.45, 2.75) is 13.3 Å². The Bertz CT molecular complexity index is 548. The molecule has 2 heterocycles. The first kappa shape index (κ1) is 13.8. The van der Waals surface area contributed by atoms with E-state index >= 15 is 0 Å². The van der Waals surface area contributed by atoms with Crippen molar-refractivity contribution in [1.82, 2.24) is 15.6 Å². The lowest BCUT2D eigenvalue weighted by molar-refractivity contribution is -0.120. The monoisotopic (exact) mass is 279 g/mol. The van der Waals surface area contributed by atoms with Gasteiger partial charge in [-0.15, -0.1) is 11.3 Å². The summed E-state index contributed by atoms with van der Waals surface area (Å²) >= 11 is 1.49. The molecule has 0 fully saturated rings. The summed E-state index contributed by atoms with van der Waals surface area (Å²) in [7, 11) is 1.85. The highest BCUT2D eigenvalue weighted by Gasteiger charge is 2.10. The first-order valence-corrected chi connectivity index (χ1v) is 6.99. The lowest BCUT2D eigenvalue weighted by Gasteiger charge is -2.02. The van der Waals surface area contributed by atoms with E-state index in [0.717, 1.165) is 28.8 Å². The number of likely N-dealkylation sites (N-methyl/N-ethyl adjacent to an activating group) is 1. The maximum Gasteiger partial charge on any atom is 0.226 e. The van der Waals surface area contributed by atoms with Crippen LogP contribution in [0.25, 0.3) is 10.8 Å². The zero-order valence-electron chi connectivity index (χ0n) is 11.0. The number of carbonyl (C=O) groups is 1. The first-order chi connectivity index (χ1) is 9.19. The number of hydrogen-bond donors (Lipinski definition) is 2. The lowest BCUT2D eigenvalue weighted by atomic mass is 10.3. The lowest BCUT2D eigenvalue weighted by Crippen LogP contribution is -2.31. The van der Waals surface area contributed by atoms with Crippen LogP contribution in [0.1, 0.15) is 11.5 Å². The van der Waals surface area contributed by atoms with Gasteiger partial charge in [0.25, 0.3) is 0 Å². The number of amides is 1. The molecule has 0 spiro atoms. The zero-order valence-corrected chi connectivity index (χ0v) is 11.8. The van der Waals surface area contributed by atoms with E-state index in [4.69, 9.17) is 4.42 Å². The number of carbonyl (C=O) groups excluding carboxylic acids is 1. The van der Waals surface area contributed by atoms with Crippen LogP contribution in [0.3, 0.4) is 0 Å². The summed E-state index contributed by atoms with van der Waals surface area (Å²) in [6, 6.07) is 3.80. The molecule has 5 nitrogen and oxygen atoms in total. The summed E-state index contributed by atoms with van der Waals surface area (Å²) in [5.74, 6) is 1.60. The Labute approximate surface area is 116 Å². The van der Waals surface area contributed by atoms with Crippen molar-refractivity contribution in [1.29, 1.82) is 0 Å². The van der Waals surface area contributed by atoms with Gasteiger partial charge in [-0.05, 0) is 26.1 Å². The molecule has 0 saturated carbocycles. The summed E-state index contributed by atoms with van der Waals surface area (Å²) < 4.78 is 5.51. The molecule has 2 aromatic heterocycles. The molecule has 19 heavy (non-hydrogen) atoms. The van der Waals surface area contributed by atoms with E-state index in [9.17, 15) is 4.79 Å². The Morgan fingerprint density at radius 3 is 2.95 bits per heavy atom. The van der Waals surface area contributed by atoms with Gasteiger partial charge in [-0.1, -0.05) is 0 Å². The SMILES string of the molecule is CNCCNC(=O)Cc1csc(-c2ccc(C)o2)n1. The Kier molecular flexibility index (Phi) is 4.70. The maximum atomic E-state index is 11.6. The maximum absolute atomic E-state index is 11.6. The molecule has 0 bridgehead atoms. The highest BCUT2D eigenvalue weighted by Crippen LogP contribution is 2.25. The topological polar surface area (TPSA) is 67.2 Å². The van der Waals surface area contributed by atoms with E-state index < -0.39 is 0 Å². The van der Waals surface area contributed by atoms with E-state index in [-0.39, 0.29) is 5.91 Å². The van der Waals surface area contributed by atoms with Gasteiger partial charge in [0.05, 0.1) is 12.1 Å². The average Bonchev–Trinajstić information content (AvgIpc) is 2.98. The second kappa shape index (κ2) is 6.49. The number of furan rings is 1. The predicted molar refractivity (Wildman–Crippen MR) is 75.2 cm³/mol. The number of nitrogens with zero attached hydrogens (tertiary/aromatic N) is 1.